The summed E-state index contributed by atoms with van der Waals surface area (Å²) < 4.78 is 54.1. The summed E-state index contributed by atoms with van der Waals surface area (Å²) in [7, 11) is 1.27. The zero-order valence-electron chi connectivity index (χ0n) is 43.8. The van der Waals surface area contributed by atoms with E-state index >= 15 is 13.2 Å². The van der Waals surface area contributed by atoms with Gasteiger partial charge in [-0.25, -0.2) is 33.1 Å². The number of H-pyrrole nitrogens is 2. The van der Waals surface area contributed by atoms with E-state index in [0.717, 1.165) is 36.3 Å². The van der Waals surface area contributed by atoms with Gasteiger partial charge < -0.3 is 55.6 Å². The Morgan fingerprint density at radius 1 is 0.688 bits per heavy atom. The van der Waals surface area contributed by atoms with Crippen molar-refractivity contribution < 1.29 is 32.9 Å². The molecule has 412 valence electrons. The van der Waals surface area contributed by atoms with Gasteiger partial charge in [-0.05, 0) is 130 Å². The molecule has 12 rings (SSSR count). The number of amides is 1. The number of ether oxygens (including phenoxy) is 1. The molecule has 4 fully saturated rings. The third-order valence-electron chi connectivity index (χ3n) is 16.3. The van der Waals surface area contributed by atoms with Gasteiger partial charge in [-0.1, -0.05) is 6.07 Å². The summed E-state index contributed by atoms with van der Waals surface area (Å²) in [6.07, 6.45) is 10.2. The Bertz CT molecular complexity index is 3750. The van der Waals surface area contributed by atoms with E-state index in [4.69, 9.17) is 14.7 Å². The van der Waals surface area contributed by atoms with Gasteiger partial charge in [0.05, 0.1) is 87.7 Å². The molecule has 8 aromatic rings. The first-order valence-electron chi connectivity index (χ1n) is 27.1. The van der Waals surface area contributed by atoms with Gasteiger partial charge in [0.25, 0.3) is 17.0 Å². The topological polar surface area (TPSA) is 230 Å². The number of anilines is 6. The molecular weight excluding hydrogens is 1030 g/mol. The maximum atomic E-state index is 16.5. The van der Waals surface area contributed by atoms with Gasteiger partial charge in [-0.2, -0.15) is 0 Å². The number of fused-ring (bicyclic) bond motifs is 2. The van der Waals surface area contributed by atoms with Crippen molar-refractivity contribution in [3.05, 3.63) is 147 Å². The van der Waals surface area contributed by atoms with Gasteiger partial charge >= 0.3 is 0 Å². The van der Waals surface area contributed by atoms with Crippen LogP contribution in [0.25, 0.3) is 44.3 Å². The van der Waals surface area contributed by atoms with Gasteiger partial charge in [0, 0.05) is 74.7 Å². The molecule has 18 nitrogen and oxygen atoms in total. The summed E-state index contributed by atoms with van der Waals surface area (Å²) in [5.74, 6) is -3.38. The Balaban J connectivity index is 0.724. The van der Waals surface area contributed by atoms with Crippen LogP contribution in [0.2, 0.25) is 0 Å². The molecule has 80 heavy (non-hydrogen) atoms. The van der Waals surface area contributed by atoms with Crippen LogP contribution in [-0.4, -0.2) is 116 Å². The standard InChI is InChI=1S/C59H59F3N12O6/c1-80-49-26-38(45-28-47(53-43(69-45)11-19-65-58(53)78)71-50-8-5-34(29-66-50)72-22-14-36(75)15-23-72)55(61)56(62)54(49)59(79)73-20-12-32(13-21-73)39-31-74(24-16-48(39)76)35-6-9-51(67-30-35)70-46-27-44(68-42-10-18-64-57(77)52(42)46)37-25-33(4-7-40(37)60)41-3-2-17-63-41/h4-11,18-19,25-30,32,36,39,41,48,63,75-76H,2-3,12-17,20-24,31H2,1H3,(H,64,77)(H,65,78)(H,66,69,71)(H,67,68,70). The second-order valence-corrected chi connectivity index (χ2v) is 21.1. The number of halogens is 3. The van der Waals surface area contributed by atoms with Crippen LogP contribution in [0, 0.1) is 29.3 Å². The van der Waals surface area contributed by atoms with Crippen LogP contribution in [-0.2, 0) is 0 Å². The Kier molecular flexibility index (Phi) is 14.4. The predicted molar refractivity (Wildman–Crippen MR) is 299 cm³/mol. The second-order valence-electron chi connectivity index (χ2n) is 21.1. The Morgan fingerprint density at radius 2 is 1.30 bits per heavy atom. The fraction of sp³-hybridized carbons (Fsp3) is 0.339. The molecule has 0 saturated carbocycles. The fourth-order valence-corrected chi connectivity index (χ4v) is 12.0. The summed E-state index contributed by atoms with van der Waals surface area (Å²) >= 11 is 0. The molecule has 7 N–H and O–H groups in total. The van der Waals surface area contributed by atoms with E-state index in [0.29, 0.717) is 97.8 Å². The van der Waals surface area contributed by atoms with Crippen molar-refractivity contribution in [1.29, 1.82) is 0 Å². The number of pyridine rings is 6. The van der Waals surface area contributed by atoms with Crippen LogP contribution in [0.15, 0.2) is 107 Å². The van der Waals surface area contributed by atoms with Gasteiger partial charge in [0.1, 0.15) is 28.8 Å². The number of piperidine rings is 3. The van der Waals surface area contributed by atoms with Gasteiger partial charge in [-0.15, -0.1) is 0 Å². The molecule has 4 saturated heterocycles. The summed E-state index contributed by atoms with van der Waals surface area (Å²) in [4.78, 5) is 70.3. The monoisotopic (exact) mass is 1090 g/mol. The molecule has 0 aliphatic carbocycles. The number of likely N-dealkylation sites (tertiary alicyclic amines) is 1. The maximum absolute atomic E-state index is 16.5. The summed E-state index contributed by atoms with van der Waals surface area (Å²) in [5.41, 5.74) is 2.93. The van der Waals surface area contributed by atoms with Crippen LogP contribution in [0.3, 0.4) is 0 Å². The third-order valence-corrected chi connectivity index (χ3v) is 16.3. The van der Waals surface area contributed by atoms with Crippen LogP contribution in [0.5, 0.6) is 5.75 Å². The van der Waals surface area contributed by atoms with E-state index in [1.54, 1.807) is 48.8 Å². The summed E-state index contributed by atoms with van der Waals surface area (Å²) in [6, 6.07) is 20.1. The van der Waals surface area contributed by atoms with Crippen molar-refractivity contribution in [2.45, 2.75) is 63.2 Å². The number of aliphatic hydroxyl groups is 2. The van der Waals surface area contributed by atoms with Crippen molar-refractivity contribution >= 4 is 62.1 Å². The first kappa shape index (κ1) is 52.3. The van der Waals surface area contributed by atoms with Crippen LogP contribution in [0.1, 0.15) is 66.9 Å². The molecule has 0 bridgehead atoms. The molecule has 6 aromatic heterocycles. The van der Waals surface area contributed by atoms with E-state index in [-0.39, 0.29) is 76.2 Å². The highest BCUT2D eigenvalue weighted by Crippen LogP contribution is 2.40. The number of benzene rings is 2. The predicted octanol–water partition coefficient (Wildman–Crippen LogP) is 8.32. The first-order valence-corrected chi connectivity index (χ1v) is 27.1. The highest BCUT2D eigenvalue weighted by atomic mass is 19.2. The number of nitrogens with one attached hydrogen (secondary N) is 5. The molecule has 3 atom stereocenters. The normalized spacial score (nSPS) is 19.2. The number of methoxy groups -OCH3 is 1. The van der Waals surface area contributed by atoms with Crippen molar-refractivity contribution in [2.24, 2.45) is 11.8 Å². The van der Waals surface area contributed by atoms with E-state index in [1.807, 2.05) is 18.2 Å². The number of hydrogen-bond acceptors (Lipinski definition) is 15. The number of carbonyl (C=O) groups is 1. The second kappa shape index (κ2) is 22.0. The van der Waals surface area contributed by atoms with Crippen LogP contribution < -0.4 is 41.6 Å². The minimum atomic E-state index is -1.40. The van der Waals surface area contributed by atoms with E-state index in [2.05, 4.69) is 45.7 Å². The lowest BCUT2D eigenvalue weighted by molar-refractivity contribution is 0.0286. The number of aromatic nitrogens is 6. The third kappa shape index (κ3) is 10.3. The number of aromatic amines is 2. The smallest absolute Gasteiger partial charge is 0.260 e. The number of aliphatic hydroxyl groups excluding tert-OH is 2. The van der Waals surface area contributed by atoms with Crippen LogP contribution >= 0.6 is 0 Å². The summed E-state index contributed by atoms with van der Waals surface area (Å²) in [5, 5.41) is 31.7. The maximum Gasteiger partial charge on any atom is 0.260 e. The average Bonchev–Trinajstić information content (AvgIpc) is 4.10. The first-order chi connectivity index (χ1) is 38.9. The SMILES string of the molecule is COc1cc(-c2cc(Nc3ccc(N4CCC(O)CC4)cn3)c3c(=O)[nH]ccc3n2)c(F)c(F)c1C(=O)N1CCC(C2CN(c3ccc(Nc4cc(-c5cc(C6CCCN6)ccc5F)nc5cc[nH]c(=O)c45)nc3)CCC2O)CC1. The molecule has 4 aliphatic rings. The molecule has 21 heteroatoms. The van der Waals surface area contributed by atoms with E-state index in [1.165, 1.54) is 42.6 Å². The van der Waals surface area contributed by atoms with E-state index in [9.17, 15) is 24.6 Å². The highest BCUT2D eigenvalue weighted by Gasteiger charge is 2.38. The zero-order valence-corrected chi connectivity index (χ0v) is 43.8. The number of rotatable bonds is 12. The minimum absolute atomic E-state index is 0.00985. The average molecular weight is 1090 g/mol. The minimum Gasteiger partial charge on any atom is -0.496 e. The number of carbonyl (C=O) groups excluding carboxylic acids is 1. The van der Waals surface area contributed by atoms with Gasteiger partial charge in [-0.3, -0.25) is 14.4 Å². The quantitative estimate of drug-likeness (QED) is 0.0610. The largest absolute Gasteiger partial charge is 0.496 e. The molecule has 2 aromatic carbocycles. The lowest BCUT2D eigenvalue weighted by Gasteiger charge is -2.44. The van der Waals surface area contributed by atoms with Crippen molar-refractivity contribution in [1.82, 2.24) is 40.1 Å². The van der Waals surface area contributed by atoms with Crippen LogP contribution in [0.4, 0.5) is 47.6 Å². The lowest BCUT2D eigenvalue weighted by atomic mass is 9.78. The van der Waals surface area contributed by atoms with E-state index < -0.39 is 40.6 Å². The number of nitrogens with zero attached hydrogens (tertiary/aromatic N) is 7. The fourth-order valence-electron chi connectivity index (χ4n) is 12.0. The Hall–Kier alpha value is -8.40. The molecule has 0 radical (unpaired) electrons. The summed E-state index contributed by atoms with van der Waals surface area (Å²) in [6.45, 7) is 3.82. The molecule has 10 heterocycles. The van der Waals surface area contributed by atoms with Crippen molar-refractivity contribution in [3.8, 4) is 28.3 Å². The van der Waals surface area contributed by atoms with Gasteiger partial charge in [0.15, 0.2) is 11.6 Å². The molecule has 4 aliphatic heterocycles. The Labute approximate surface area is 457 Å². The van der Waals surface area contributed by atoms with Gasteiger partial charge in [0.2, 0.25) is 0 Å². The molecule has 3 unspecified atom stereocenters. The van der Waals surface area contributed by atoms with Crippen molar-refractivity contribution in [3.63, 3.8) is 0 Å². The van der Waals surface area contributed by atoms with Crippen molar-refractivity contribution in [2.75, 3.05) is 73.4 Å². The molecular formula is C59H59F3N12O6. The molecule has 0 spiro atoms. The molecule has 1 amide bonds. The Morgan fingerprint density at radius 3 is 1.89 bits per heavy atom. The lowest BCUT2D eigenvalue weighted by Crippen LogP contribution is -2.49. The zero-order chi connectivity index (χ0) is 55.2. The highest BCUT2D eigenvalue weighted by molar-refractivity contribution is 5.99. The number of hydrogen-bond donors (Lipinski definition) is 7.